The van der Waals surface area contributed by atoms with Gasteiger partial charge in [-0.25, -0.2) is 0 Å². The zero-order valence-corrected chi connectivity index (χ0v) is 9.69. The first-order valence-electron chi connectivity index (χ1n) is 5.44. The van der Waals surface area contributed by atoms with Gasteiger partial charge in [0.25, 0.3) is 0 Å². The van der Waals surface area contributed by atoms with E-state index >= 15 is 0 Å². The summed E-state index contributed by atoms with van der Waals surface area (Å²) in [5, 5.41) is 0. The van der Waals surface area contributed by atoms with Crippen molar-refractivity contribution in [2.75, 3.05) is 0 Å². The maximum atomic E-state index is 11.2. The molecule has 0 saturated carbocycles. The summed E-state index contributed by atoms with van der Waals surface area (Å²) in [4.78, 5) is 11.2. The van der Waals surface area contributed by atoms with E-state index in [4.69, 9.17) is 4.74 Å². The predicted octanol–water partition coefficient (Wildman–Crippen LogP) is 1.43. The first-order valence-corrected chi connectivity index (χ1v) is 5.44. The van der Waals surface area contributed by atoms with Crippen molar-refractivity contribution in [3.63, 3.8) is 0 Å². The van der Waals surface area contributed by atoms with E-state index in [9.17, 15) is 4.79 Å². The molecule has 0 atom stereocenters. The normalized spacial score (nSPS) is 10.3. The Labute approximate surface area is 90.5 Å². The van der Waals surface area contributed by atoms with Crippen LogP contribution in [0, 0.1) is 0 Å². The highest BCUT2D eigenvalue weighted by molar-refractivity contribution is 5.70. The van der Waals surface area contributed by atoms with Gasteiger partial charge in [0.1, 0.15) is 12.4 Å². The number of carbonyl (C=O) groups is 1. The molecule has 1 rings (SSSR count). The summed E-state index contributed by atoms with van der Waals surface area (Å²) < 4.78 is 9.04. The molecular weight excluding hydrogens is 192 g/mol. The van der Waals surface area contributed by atoms with Gasteiger partial charge in [0.05, 0.1) is 13.6 Å². The van der Waals surface area contributed by atoms with E-state index < -0.39 is 0 Å². The summed E-state index contributed by atoms with van der Waals surface area (Å²) >= 11 is 0. The summed E-state index contributed by atoms with van der Waals surface area (Å²) in [6, 6.07) is 0.621. The van der Waals surface area contributed by atoms with Crippen molar-refractivity contribution in [3.8, 4) is 6.01 Å². The molecule has 0 aliphatic carbocycles. The lowest BCUT2D eigenvalue weighted by atomic mass is 10.3. The quantitative estimate of drug-likeness (QED) is 0.545. The lowest BCUT2D eigenvalue weighted by molar-refractivity contribution is -0.675. The highest BCUT2D eigenvalue weighted by atomic mass is 16.6. The molecule has 1 aromatic rings. The average Bonchev–Trinajstić information content (AvgIpc) is 2.57. The molecule has 1 heterocycles. The Morgan fingerprint density at radius 3 is 2.87 bits per heavy atom. The Kier molecular flexibility index (Phi) is 4.34. The third kappa shape index (κ3) is 3.08. The first-order chi connectivity index (χ1) is 7.19. The van der Waals surface area contributed by atoms with Crippen LogP contribution in [-0.4, -0.2) is 10.5 Å². The summed E-state index contributed by atoms with van der Waals surface area (Å²) in [7, 11) is 1.88. The largest absolute Gasteiger partial charge is 0.463 e. The molecule has 4 nitrogen and oxygen atoms in total. The summed E-state index contributed by atoms with van der Waals surface area (Å²) in [5.41, 5.74) is 0. The van der Waals surface area contributed by atoms with Crippen molar-refractivity contribution in [2.24, 2.45) is 7.05 Å². The SMILES string of the molecule is CCCCn1cc[n+](C)c1OC(=O)CC. The summed E-state index contributed by atoms with van der Waals surface area (Å²) in [6.07, 6.45) is 6.45. The molecule has 0 aromatic carbocycles. The first kappa shape index (κ1) is 11.8. The maximum absolute atomic E-state index is 11.2. The number of esters is 1. The minimum Gasteiger partial charge on any atom is -0.357 e. The Morgan fingerprint density at radius 2 is 2.27 bits per heavy atom. The Balaban J connectivity index is 2.74. The number of unbranched alkanes of at least 4 members (excludes halogenated alkanes) is 1. The molecule has 0 bridgehead atoms. The molecule has 0 aliphatic heterocycles. The fourth-order valence-corrected chi connectivity index (χ4v) is 1.31. The number of imidazole rings is 1. The van der Waals surface area contributed by atoms with Crippen molar-refractivity contribution in [3.05, 3.63) is 12.4 Å². The van der Waals surface area contributed by atoms with Gasteiger partial charge in [-0.2, -0.15) is 9.13 Å². The van der Waals surface area contributed by atoms with Gasteiger partial charge < -0.3 is 4.74 Å². The van der Waals surface area contributed by atoms with Gasteiger partial charge >= 0.3 is 12.0 Å². The van der Waals surface area contributed by atoms with Gasteiger partial charge in [0.15, 0.2) is 0 Å². The smallest absolute Gasteiger partial charge is 0.357 e. The second-order valence-corrected chi connectivity index (χ2v) is 3.57. The van der Waals surface area contributed by atoms with Gasteiger partial charge in [-0.3, -0.25) is 4.79 Å². The van der Waals surface area contributed by atoms with Crippen molar-refractivity contribution >= 4 is 5.97 Å². The Bertz CT molecular complexity index is 331. The number of rotatable bonds is 5. The van der Waals surface area contributed by atoms with Crippen LogP contribution in [0.3, 0.4) is 0 Å². The van der Waals surface area contributed by atoms with E-state index in [-0.39, 0.29) is 5.97 Å². The topological polar surface area (TPSA) is 35.1 Å². The van der Waals surface area contributed by atoms with Crippen LogP contribution in [0.2, 0.25) is 0 Å². The minimum atomic E-state index is -0.193. The van der Waals surface area contributed by atoms with Crippen LogP contribution in [0.15, 0.2) is 12.4 Å². The van der Waals surface area contributed by atoms with Crippen LogP contribution >= 0.6 is 0 Å². The van der Waals surface area contributed by atoms with Crippen LogP contribution < -0.4 is 9.30 Å². The molecule has 84 valence electrons. The Hall–Kier alpha value is -1.32. The predicted molar refractivity (Wildman–Crippen MR) is 56.4 cm³/mol. The van der Waals surface area contributed by atoms with Crippen molar-refractivity contribution in [1.82, 2.24) is 4.57 Å². The lowest BCUT2D eigenvalue weighted by Gasteiger charge is -2.01. The molecule has 0 N–H and O–H groups in total. The molecule has 0 aliphatic rings. The Morgan fingerprint density at radius 1 is 1.53 bits per heavy atom. The average molecular weight is 211 g/mol. The number of hydrogen-bond donors (Lipinski definition) is 0. The molecule has 0 radical (unpaired) electrons. The van der Waals surface area contributed by atoms with Crippen LogP contribution in [-0.2, 0) is 18.4 Å². The summed E-state index contributed by atoms with van der Waals surface area (Å²) in [5.74, 6) is -0.193. The van der Waals surface area contributed by atoms with Gasteiger partial charge in [-0.1, -0.05) is 20.3 Å². The number of aryl methyl sites for hydroxylation is 2. The number of aromatic nitrogens is 2. The number of hydrogen-bond acceptors (Lipinski definition) is 2. The second-order valence-electron chi connectivity index (χ2n) is 3.57. The molecule has 1 aromatic heterocycles. The zero-order valence-electron chi connectivity index (χ0n) is 9.69. The fraction of sp³-hybridized carbons (Fsp3) is 0.636. The molecule has 15 heavy (non-hydrogen) atoms. The van der Waals surface area contributed by atoms with Gasteiger partial charge in [-0.05, 0) is 6.42 Å². The van der Waals surface area contributed by atoms with E-state index in [1.165, 1.54) is 0 Å². The van der Waals surface area contributed by atoms with Gasteiger partial charge in [0.2, 0.25) is 0 Å². The fourth-order valence-electron chi connectivity index (χ4n) is 1.31. The van der Waals surface area contributed by atoms with Crippen LogP contribution in [0.1, 0.15) is 33.1 Å². The van der Waals surface area contributed by atoms with E-state index in [1.54, 1.807) is 6.92 Å². The monoisotopic (exact) mass is 211 g/mol. The zero-order chi connectivity index (χ0) is 11.3. The third-order valence-corrected chi connectivity index (χ3v) is 2.26. The van der Waals surface area contributed by atoms with Gasteiger partial charge in [0, 0.05) is 6.42 Å². The molecule has 4 heteroatoms. The minimum absolute atomic E-state index is 0.193. The number of nitrogens with zero attached hydrogens (tertiary/aromatic N) is 2. The molecule has 0 amide bonds. The number of carbonyl (C=O) groups excluding carboxylic acids is 1. The van der Waals surface area contributed by atoms with Crippen molar-refractivity contribution in [2.45, 2.75) is 39.7 Å². The highest BCUT2D eigenvalue weighted by Crippen LogP contribution is 2.07. The standard InChI is InChI=1S/C11H19N2O2/c1-4-6-7-13-9-8-12(3)11(13)15-10(14)5-2/h8-9H,4-7H2,1-3H3/q+1. The lowest BCUT2D eigenvalue weighted by Crippen LogP contribution is -2.30. The molecule has 0 spiro atoms. The highest BCUT2D eigenvalue weighted by Gasteiger charge is 2.18. The maximum Gasteiger partial charge on any atom is 0.463 e. The van der Waals surface area contributed by atoms with E-state index in [0.29, 0.717) is 12.4 Å². The molecule has 0 unspecified atom stereocenters. The molecule has 0 saturated heterocycles. The van der Waals surface area contributed by atoms with Crippen molar-refractivity contribution in [1.29, 1.82) is 0 Å². The van der Waals surface area contributed by atoms with E-state index in [1.807, 2.05) is 28.6 Å². The van der Waals surface area contributed by atoms with Crippen LogP contribution in [0.4, 0.5) is 0 Å². The third-order valence-electron chi connectivity index (χ3n) is 2.26. The molecule has 0 fully saturated rings. The summed E-state index contributed by atoms with van der Waals surface area (Å²) in [6.45, 7) is 4.83. The van der Waals surface area contributed by atoms with E-state index in [2.05, 4.69) is 6.92 Å². The van der Waals surface area contributed by atoms with Crippen LogP contribution in [0.5, 0.6) is 6.01 Å². The molecular formula is C11H19N2O2+. The van der Waals surface area contributed by atoms with Crippen LogP contribution in [0.25, 0.3) is 0 Å². The second kappa shape index (κ2) is 5.53. The van der Waals surface area contributed by atoms with E-state index in [0.717, 1.165) is 19.4 Å². The van der Waals surface area contributed by atoms with Crippen molar-refractivity contribution < 1.29 is 14.1 Å². The van der Waals surface area contributed by atoms with Gasteiger partial charge in [-0.15, -0.1) is 0 Å². The number of ether oxygens (including phenoxy) is 1.